The second kappa shape index (κ2) is 9.97. The average molecular weight is 478 g/mol. The van der Waals surface area contributed by atoms with Crippen molar-refractivity contribution in [3.05, 3.63) is 59.9 Å². The van der Waals surface area contributed by atoms with Crippen LogP contribution >= 0.6 is 0 Å². The first-order valence-electron chi connectivity index (χ1n) is 12.5. The molecule has 4 atom stereocenters. The van der Waals surface area contributed by atoms with Crippen LogP contribution < -0.4 is 11.1 Å². The molecule has 2 fully saturated rings. The predicted molar refractivity (Wildman–Crippen MR) is 136 cm³/mol. The quantitative estimate of drug-likeness (QED) is 0.415. The molecule has 1 aliphatic carbocycles. The molecule has 3 aromatic rings. The van der Waals surface area contributed by atoms with Crippen LogP contribution in [0.5, 0.6) is 0 Å². The van der Waals surface area contributed by atoms with E-state index in [-0.39, 0.29) is 17.9 Å². The van der Waals surface area contributed by atoms with Crippen LogP contribution in [0, 0.1) is 5.92 Å². The molecule has 2 aromatic heterocycles. The van der Waals surface area contributed by atoms with E-state index in [1.807, 2.05) is 36.4 Å². The van der Waals surface area contributed by atoms with Gasteiger partial charge in [0.2, 0.25) is 0 Å². The Balaban J connectivity index is 1.11. The van der Waals surface area contributed by atoms with Crippen LogP contribution in [-0.2, 0) is 4.74 Å². The number of nitrogens with two attached hydrogens (primary N) is 1. The van der Waals surface area contributed by atoms with Gasteiger partial charge in [-0.25, -0.2) is 4.98 Å². The molecule has 1 saturated carbocycles. The minimum absolute atomic E-state index is 0.0369. The molecule has 5 rings (SSSR count). The Hall–Kier alpha value is -2.94. The predicted octanol–water partition coefficient (Wildman–Crippen LogP) is 3.26. The van der Waals surface area contributed by atoms with Crippen molar-refractivity contribution in [1.29, 1.82) is 0 Å². The molecule has 186 valence electrons. The van der Waals surface area contributed by atoms with E-state index in [0.717, 1.165) is 48.8 Å². The Kier molecular flexibility index (Phi) is 6.77. The molecule has 1 amide bonds. The zero-order valence-corrected chi connectivity index (χ0v) is 20.2. The van der Waals surface area contributed by atoms with Crippen molar-refractivity contribution in [1.82, 2.24) is 20.2 Å². The number of nitrogens with one attached hydrogen (secondary N) is 2. The number of rotatable bonds is 7. The maximum Gasteiger partial charge on any atom is 0.267 e. The number of morpholine rings is 1. The Morgan fingerprint density at radius 1 is 1.34 bits per heavy atom. The molecule has 1 aromatic carbocycles. The molecule has 3 heterocycles. The van der Waals surface area contributed by atoms with Gasteiger partial charge in [0, 0.05) is 48.3 Å². The van der Waals surface area contributed by atoms with Crippen LogP contribution in [0.4, 0.5) is 5.82 Å². The lowest BCUT2D eigenvalue weighted by molar-refractivity contribution is -0.0693. The van der Waals surface area contributed by atoms with Gasteiger partial charge in [0.25, 0.3) is 5.91 Å². The molecule has 0 unspecified atom stereocenters. The molecule has 5 N–H and O–H groups in total. The second-order valence-corrected chi connectivity index (χ2v) is 10.2. The fourth-order valence-corrected chi connectivity index (χ4v) is 5.42. The summed E-state index contributed by atoms with van der Waals surface area (Å²) in [5.74, 6) is 0.691. The third kappa shape index (κ3) is 5.50. The molecule has 2 aliphatic rings. The van der Waals surface area contributed by atoms with E-state index in [4.69, 9.17) is 10.5 Å². The lowest BCUT2D eigenvalue weighted by atomic mass is 9.95. The molecule has 8 heteroatoms. The lowest BCUT2D eigenvalue weighted by Gasteiger charge is -2.39. The van der Waals surface area contributed by atoms with Crippen LogP contribution in [0.3, 0.4) is 0 Å². The Bertz CT molecular complexity index is 1130. The smallest absolute Gasteiger partial charge is 0.267 e. The number of carbonyl (C=O) groups excluding carboxylic acids is 1. The number of benzene rings is 1. The van der Waals surface area contributed by atoms with Crippen LogP contribution in [0.15, 0.2) is 48.7 Å². The zero-order chi connectivity index (χ0) is 24.4. The van der Waals surface area contributed by atoms with E-state index in [9.17, 15) is 9.90 Å². The minimum atomic E-state index is -0.688. The van der Waals surface area contributed by atoms with E-state index < -0.39 is 5.60 Å². The largest absolute Gasteiger partial charge is 0.390 e. The van der Waals surface area contributed by atoms with Crippen molar-refractivity contribution in [2.24, 2.45) is 5.92 Å². The van der Waals surface area contributed by atoms with Gasteiger partial charge in [-0.3, -0.25) is 9.69 Å². The van der Waals surface area contributed by atoms with Crippen molar-refractivity contribution in [3.8, 4) is 0 Å². The number of para-hydroxylation sites is 1. The number of fused-ring (bicyclic) bond motifs is 1. The highest BCUT2D eigenvalue weighted by atomic mass is 16.5. The first-order valence-corrected chi connectivity index (χ1v) is 12.5. The van der Waals surface area contributed by atoms with Crippen molar-refractivity contribution in [2.75, 3.05) is 32.0 Å². The van der Waals surface area contributed by atoms with E-state index in [2.05, 4.69) is 27.1 Å². The number of aromatic amines is 1. The number of H-pyrrole nitrogens is 1. The Labute approximate surface area is 205 Å². The van der Waals surface area contributed by atoms with Crippen molar-refractivity contribution < 1.29 is 14.6 Å². The summed E-state index contributed by atoms with van der Waals surface area (Å²) in [4.78, 5) is 22.4. The summed E-state index contributed by atoms with van der Waals surface area (Å²) in [6, 6.07) is 13.8. The third-order valence-electron chi connectivity index (χ3n) is 7.62. The molecule has 1 saturated heterocycles. The number of ether oxygens (including phenoxy) is 1. The van der Waals surface area contributed by atoms with Crippen LogP contribution in [-0.4, -0.2) is 63.8 Å². The van der Waals surface area contributed by atoms with Crippen molar-refractivity contribution in [2.45, 2.75) is 50.4 Å². The molecule has 8 nitrogen and oxygen atoms in total. The Morgan fingerprint density at radius 3 is 3.00 bits per heavy atom. The van der Waals surface area contributed by atoms with Crippen molar-refractivity contribution in [3.63, 3.8) is 0 Å². The number of carbonyl (C=O) groups is 1. The number of amides is 1. The number of aliphatic hydroxyl groups is 1. The summed E-state index contributed by atoms with van der Waals surface area (Å²) in [6.07, 6.45) is 4.87. The molecule has 0 radical (unpaired) electrons. The number of pyridine rings is 1. The highest BCUT2D eigenvalue weighted by molar-refractivity contribution is 5.97. The van der Waals surface area contributed by atoms with Gasteiger partial charge in [-0.05, 0) is 56.7 Å². The standard InChI is InChI=1S/C27H35N5O3/c1-18-17-35-24(21-6-7-25(28)29-15-21)16-32(18)11-10-27(34)9-8-19(13-27)14-30-26(33)23-12-20-4-2-3-5-22(20)31-23/h2-7,12,15,18-19,24,31,34H,8-11,13-14,16-17H2,1H3,(H2,28,29)(H,30,33)/t18-,19-,24+,27+/m0/s1. The normalized spacial score (nSPS) is 27.3. The fourth-order valence-electron chi connectivity index (χ4n) is 5.42. The fraction of sp³-hybridized carbons (Fsp3) is 0.481. The number of nitrogens with zero attached hydrogens (tertiary/aromatic N) is 2. The van der Waals surface area contributed by atoms with E-state index in [1.165, 1.54) is 0 Å². The molecular formula is C27H35N5O3. The monoisotopic (exact) mass is 477 g/mol. The van der Waals surface area contributed by atoms with Gasteiger partial charge < -0.3 is 25.9 Å². The molecular weight excluding hydrogens is 442 g/mol. The highest BCUT2D eigenvalue weighted by Crippen LogP contribution is 2.37. The van der Waals surface area contributed by atoms with Crippen LogP contribution in [0.2, 0.25) is 0 Å². The second-order valence-electron chi connectivity index (χ2n) is 10.2. The number of anilines is 1. The van der Waals surface area contributed by atoms with Gasteiger partial charge in [0.1, 0.15) is 11.5 Å². The first kappa shape index (κ1) is 23.8. The summed E-state index contributed by atoms with van der Waals surface area (Å²) in [6.45, 7) is 4.98. The van der Waals surface area contributed by atoms with Gasteiger partial charge in [0.05, 0.1) is 18.3 Å². The highest BCUT2D eigenvalue weighted by Gasteiger charge is 2.38. The Morgan fingerprint density at radius 2 is 2.20 bits per heavy atom. The summed E-state index contributed by atoms with van der Waals surface area (Å²) < 4.78 is 6.04. The number of aromatic nitrogens is 2. The number of nitrogen functional groups attached to an aromatic ring is 1. The first-order chi connectivity index (χ1) is 16.9. The molecule has 0 bridgehead atoms. The van der Waals surface area contributed by atoms with Gasteiger partial charge in [-0.1, -0.05) is 24.3 Å². The maximum atomic E-state index is 12.6. The number of hydrogen-bond acceptors (Lipinski definition) is 6. The SMILES string of the molecule is C[C@H]1CO[C@@H](c2ccc(N)nc2)CN1CC[C@]1(O)CC[C@H](CNC(=O)c2cc3ccccc3[nH]2)C1. The summed E-state index contributed by atoms with van der Waals surface area (Å²) >= 11 is 0. The summed E-state index contributed by atoms with van der Waals surface area (Å²) in [5.41, 5.74) is 7.59. The zero-order valence-electron chi connectivity index (χ0n) is 20.2. The van der Waals surface area contributed by atoms with Gasteiger partial charge in [0.15, 0.2) is 0 Å². The summed E-state index contributed by atoms with van der Waals surface area (Å²) in [7, 11) is 0. The number of hydrogen-bond donors (Lipinski definition) is 4. The lowest BCUT2D eigenvalue weighted by Crippen LogP contribution is -2.47. The maximum absolute atomic E-state index is 12.6. The molecule has 1 aliphatic heterocycles. The van der Waals surface area contributed by atoms with E-state index >= 15 is 0 Å². The van der Waals surface area contributed by atoms with E-state index in [0.29, 0.717) is 37.1 Å². The third-order valence-corrected chi connectivity index (χ3v) is 7.62. The molecule has 0 spiro atoms. The summed E-state index contributed by atoms with van der Waals surface area (Å²) in [5, 5.41) is 15.4. The van der Waals surface area contributed by atoms with Gasteiger partial charge in [-0.15, -0.1) is 0 Å². The average Bonchev–Trinajstić information content (AvgIpc) is 3.47. The topological polar surface area (TPSA) is 116 Å². The molecule has 35 heavy (non-hydrogen) atoms. The minimum Gasteiger partial charge on any atom is -0.390 e. The van der Waals surface area contributed by atoms with Crippen LogP contribution in [0.25, 0.3) is 10.9 Å². The van der Waals surface area contributed by atoms with Gasteiger partial charge >= 0.3 is 0 Å². The van der Waals surface area contributed by atoms with Crippen molar-refractivity contribution >= 4 is 22.6 Å². The van der Waals surface area contributed by atoms with E-state index in [1.54, 1.807) is 12.3 Å². The van der Waals surface area contributed by atoms with Crippen LogP contribution in [0.1, 0.15) is 54.8 Å². The van der Waals surface area contributed by atoms with Gasteiger partial charge in [-0.2, -0.15) is 0 Å².